The van der Waals surface area contributed by atoms with Crippen molar-refractivity contribution in [1.29, 1.82) is 0 Å². The van der Waals surface area contributed by atoms with E-state index in [1.165, 1.54) is 20.5 Å². The van der Waals surface area contributed by atoms with Crippen molar-refractivity contribution in [1.82, 2.24) is 15.1 Å². The molecule has 1 aliphatic rings. The summed E-state index contributed by atoms with van der Waals surface area (Å²) in [5, 5.41) is 2.90. The van der Waals surface area contributed by atoms with Crippen molar-refractivity contribution in [2.45, 2.75) is 6.92 Å². The first-order valence-corrected chi connectivity index (χ1v) is 11.6. The van der Waals surface area contributed by atoms with E-state index in [1.807, 2.05) is 24.0 Å². The van der Waals surface area contributed by atoms with Gasteiger partial charge in [-0.05, 0) is 43.3 Å². The van der Waals surface area contributed by atoms with E-state index in [2.05, 4.69) is 15.2 Å². The highest BCUT2D eigenvalue weighted by molar-refractivity contribution is 6.06. The number of nitrogens with one attached hydrogen (secondary N) is 1. The van der Waals surface area contributed by atoms with Gasteiger partial charge in [0.2, 0.25) is 11.6 Å². The summed E-state index contributed by atoms with van der Waals surface area (Å²) in [6, 6.07) is 13.6. The Morgan fingerprint density at radius 2 is 1.65 bits per heavy atom. The van der Waals surface area contributed by atoms with Gasteiger partial charge >= 0.3 is 0 Å². The van der Waals surface area contributed by atoms with Gasteiger partial charge in [-0.15, -0.1) is 0 Å². The predicted octanol–water partition coefficient (Wildman–Crippen LogP) is 4.03. The summed E-state index contributed by atoms with van der Waals surface area (Å²) in [4.78, 5) is 37.6. The third-order valence-corrected chi connectivity index (χ3v) is 5.97. The van der Waals surface area contributed by atoms with Gasteiger partial charge < -0.3 is 23.7 Å². The lowest BCUT2D eigenvalue weighted by molar-refractivity contribution is 0.0655. The highest BCUT2D eigenvalue weighted by Crippen LogP contribution is 2.39. The molecule has 4 rings (SSSR count). The molecule has 10 nitrogen and oxygen atoms in total. The van der Waals surface area contributed by atoms with Crippen molar-refractivity contribution in [3.8, 4) is 11.5 Å². The number of benzene rings is 2. The quantitative estimate of drug-likeness (QED) is 0.322. The molecular formula is C27H27N5O5. The van der Waals surface area contributed by atoms with Gasteiger partial charge in [-0.25, -0.2) is 9.84 Å². The molecule has 2 aromatic carbocycles. The molecule has 0 radical (unpaired) electrons. The highest BCUT2D eigenvalue weighted by atomic mass is 16.5. The maximum atomic E-state index is 13.1. The number of hydrogen-bond donors (Lipinski definition) is 1. The Bertz CT molecular complexity index is 1330. The van der Waals surface area contributed by atoms with Gasteiger partial charge in [0, 0.05) is 31.7 Å². The van der Waals surface area contributed by atoms with Gasteiger partial charge in [0.05, 0.1) is 32.7 Å². The fraction of sp³-hybridized carbons (Fsp3) is 0.259. The van der Waals surface area contributed by atoms with Gasteiger partial charge in [-0.1, -0.05) is 17.7 Å². The highest BCUT2D eigenvalue weighted by Gasteiger charge is 2.27. The summed E-state index contributed by atoms with van der Waals surface area (Å²) in [7, 11) is 2.99. The van der Waals surface area contributed by atoms with Crippen LogP contribution in [0.5, 0.6) is 11.5 Å². The molecule has 1 saturated heterocycles. The number of amides is 2. The lowest BCUT2D eigenvalue weighted by Gasteiger charge is -2.36. The van der Waals surface area contributed by atoms with Crippen LogP contribution in [0.25, 0.3) is 4.85 Å². The number of guanidine groups is 1. The molecule has 3 aromatic rings. The smallest absolute Gasteiger partial charge is 0.289 e. The maximum Gasteiger partial charge on any atom is 0.289 e. The second-order valence-corrected chi connectivity index (χ2v) is 8.32. The van der Waals surface area contributed by atoms with Crippen molar-refractivity contribution >= 4 is 29.1 Å². The Balaban J connectivity index is 1.64. The summed E-state index contributed by atoms with van der Waals surface area (Å²) in [5.41, 5.74) is 2.07. The number of nitrogens with zero attached hydrogens (tertiary/aromatic N) is 4. The predicted molar refractivity (Wildman–Crippen MR) is 138 cm³/mol. The van der Waals surface area contributed by atoms with E-state index in [4.69, 9.17) is 20.5 Å². The van der Waals surface area contributed by atoms with Crippen LogP contribution in [-0.4, -0.2) is 68.0 Å². The Kier molecular flexibility index (Phi) is 7.74. The Labute approximate surface area is 214 Å². The molecule has 1 aromatic heterocycles. The average Bonchev–Trinajstić information content (AvgIpc) is 3.47. The van der Waals surface area contributed by atoms with E-state index < -0.39 is 0 Å². The Morgan fingerprint density at radius 3 is 2.24 bits per heavy atom. The average molecular weight is 502 g/mol. The number of piperazine rings is 1. The van der Waals surface area contributed by atoms with Crippen LogP contribution in [0.2, 0.25) is 0 Å². The number of aliphatic imine (C=N–C) groups is 1. The molecule has 1 N–H and O–H groups in total. The number of carbonyl (C=O) groups is 2. The van der Waals surface area contributed by atoms with Crippen molar-refractivity contribution in [3.63, 3.8) is 0 Å². The molecule has 0 saturated carbocycles. The number of ether oxygens (including phenoxy) is 2. The second-order valence-electron chi connectivity index (χ2n) is 8.32. The fourth-order valence-corrected chi connectivity index (χ4v) is 3.88. The third-order valence-electron chi connectivity index (χ3n) is 5.97. The number of rotatable bonds is 5. The van der Waals surface area contributed by atoms with Crippen LogP contribution in [0.1, 0.15) is 26.5 Å². The molecule has 0 bridgehead atoms. The second kappa shape index (κ2) is 11.3. The Hall–Kier alpha value is -4.78. The lowest BCUT2D eigenvalue weighted by atomic mass is 10.1. The molecule has 190 valence electrons. The maximum absolute atomic E-state index is 13.1. The topological polar surface area (TPSA) is 101 Å². The van der Waals surface area contributed by atoms with Crippen LogP contribution in [0.4, 0.5) is 11.4 Å². The number of carbonyl (C=O) groups excluding carboxylic acids is 2. The van der Waals surface area contributed by atoms with Gasteiger partial charge in [-0.3, -0.25) is 14.9 Å². The van der Waals surface area contributed by atoms with E-state index in [0.29, 0.717) is 48.9 Å². The summed E-state index contributed by atoms with van der Waals surface area (Å²) in [6.07, 6.45) is 1.47. The van der Waals surface area contributed by atoms with Gasteiger partial charge in [0.15, 0.2) is 17.3 Å². The summed E-state index contributed by atoms with van der Waals surface area (Å²) in [6.45, 7) is 11.2. The largest absolute Gasteiger partial charge is 0.494 e. The zero-order chi connectivity index (χ0) is 26.4. The first kappa shape index (κ1) is 25.3. The molecule has 0 unspecified atom stereocenters. The molecule has 0 spiro atoms. The van der Waals surface area contributed by atoms with Crippen LogP contribution < -0.4 is 14.8 Å². The van der Waals surface area contributed by atoms with Crippen LogP contribution in [0, 0.1) is 13.5 Å². The minimum atomic E-state index is -0.335. The molecule has 0 atom stereocenters. The molecule has 10 heteroatoms. The normalized spacial score (nSPS) is 13.6. The molecule has 0 aliphatic carbocycles. The summed E-state index contributed by atoms with van der Waals surface area (Å²) < 4.78 is 15.9. The van der Waals surface area contributed by atoms with Crippen LogP contribution in [-0.2, 0) is 0 Å². The molecule has 1 fully saturated rings. The summed E-state index contributed by atoms with van der Waals surface area (Å²) >= 11 is 0. The zero-order valence-corrected chi connectivity index (χ0v) is 20.9. The lowest BCUT2D eigenvalue weighted by Crippen LogP contribution is -2.54. The minimum absolute atomic E-state index is 0.193. The molecule has 2 heterocycles. The fourth-order valence-electron chi connectivity index (χ4n) is 3.88. The van der Waals surface area contributed by atoms with E-state index >= 15 is 0 Å². The van der Waals surface area contributed by atoms with E-state index in [9.17, 15) is 9.59 Å². The molecule has 37 heavy (non-hydrogen) atoms. The number of methoxy groups -OCH3 is 2. The first-order chi connectivity index (χ1) is 17.9. The SMILES string of the molecule is [C-]#[N+]c1cc(OC)c(OC)cc1N=C(NC(=O)c1ccc(C)cc1)N1CCN(C(=O)c2ccco2)CC1. The minimum Gasteiger partial charge on any atom is -0.494 e. The van der Waals surface area contributed by atoms with Crippen molar-refractivity contribution < 1.29 is 23.5 Å². The monoisotopic (exact) mass is 501 g/mol. The van der Waals surface area contributed by atoms with E-state index in [-0.39, 0.29) is 29.2 Å². The number of aryl methyl sites for hydroxylation is 1. The van der Waals surface area contributed by atoms with E-state index in [1.54, 1.807) is 41.3 Å². The molecule has 1 aliphatic heterocycles. The Morgan fingerprint density at radius 1 is 1.00 bits per heavy atom. The standard InChI is InChI=1S/C27H27N5O5/c1-18-7-9-19(10-8-18)25(33)30-27(29-21-17-24(36-4)23(35-3)16-20(21)28-2)32-13-11-31(12-14-32)26(34)22-6-5-15-37-22/h5-10,15-17H,11-14H2,1,3-4H3,(H,29,30,33). The van der Waals surface area contributed by atoms with E-state index in [0.717, 1.165) is 5.56 Å². The summed E-state index contributed by atoms with van der Waals surface area (Å²) in [5.74, 6) is 0.837. The van der Waals surface area contributed by atoms with Crippen LogP contribution >= 0.6 is 0 Å². The van der Waals surface area contributed by atoms with Crippen LogP contribution in [0.3, 0.4) is 0 Å². The van der Waals surface area contributed by atoms with Crippen molar-refractivity contribution in [2.75, 3.05) is 40.4 Å². The zero-order valence-electron chi connectivity index (χ0n) is 20.9. The molecular weight excluding hydrogens is 474 g/mol. The number of furan rings is 1. The van der Waals surface area contributed by atoms with Gasteiger partial charge in [-0.2, -0.15) is 0 Å². The van der Waals surface area contributed by atoms with Crippen molar-refractivity contribution in [3.05, 3.63) is 83.1 Å². The third kappa shape index (κ3) is 5.73. The number of hydrogen-bond acceptors (Lipinski definition) is 6. The van der Waals surface area contributed by atoms with Crippen LogP contribution in [0.15, 0.2) is 64.2 Å². The van der Waals surface area contributed by atoms with Gasteiger partial charge in [0.25, 0.3) is 11.8 Å². The van der Waals surface area contributed by atoms with Crippen molar-refractivity contribution in [2.24, 2.45) is 4.99 Å². The van der Waals surface area contributed by atoms with Gasteiger partial charge in [0.1, 0.15) is 0 Å². The molecule has 2 amide bonds. The first-order valence-electron chi connectivity index (χ1n) is 11.6.